The number of pyridine rings is 1. The summed E-state index contributed by atoms with van der Waals surface area (Å²) < 4.78 is 10.7. The first-order chi connectivity index (χ1) is 9.58. The van der Waals surface area contributed by atoms with Crippen molar-refractivity contribution in [1.29, 1.82) is 0 Å². The van der Waals surface area contributed by atoms with E-state index in [4.69, 9.17) is 9.47 Å². The highest BCUT2D eigenvalue weighted by Gasteiger charge is 2.20. The average molecular weight is 273 g/mol. The Morgan fingerprint density at radius 3 is 2.30 bits per heavy atom. The summed E-state index contributed by atoms with van der Waals surface area (Å²) in [6.07, 6.45) is 1.54. The zero-order chi connectivity index (χ0) is 14.7. The van der Waals surface area contributed by atoms with Crippen molar-refractivity contribution in [1.82, 2.24) is 4.98 Å². The number of aryl methyl sites for hydroxylation is 1. The van der Waals surface area contributed by atoms with Gasteiger partial charge in [-0.2, -0.15) is 0 Å². The van der Waals surface area contributed by atoms with Crippen molar-refractivity contribution in [3.8, 4) is 22.8 Å². The Balaban J connectivity index is 2.78. The van der Waals surface area contributed by atoms with E-state index < -0.39 is 5.97 Å². The molecule has 0 unspecified atom stereocenters. The molecule has 5 heteroatoms. The number of carbonyl (C=O) groups is 1. The molecule has 2 aromatic rings. The van der Waals surface area contributed by atoms with Crippen LogP contribution in [-0.4, -0.2) is 30.3 Å². The molecule has 5 nitrogen and oxygen atoms in total. The van der Waals surface area contributed by atoms with E-state index >= 15 is 0 Å². The van der Waals surface area contributed by atoms with Gasteiger partial charge in [-0.3, -0.25) is 4.98 Å². The summed E-state index contributed by atoms with van der Waals surface area (Å²) in [4.78, 5) is 15.5. The SMILES string of the molecule is COc1cc(C)cc(OC)c1-c1ncccc1C(=O)O. The molecule has 0 atom stereocenters. The lowest BCUT2D eigenvalue weighted by molar-refractivity contribution is 0.0697. The molecule has 0 amide bonds. The van der Waals surface area contributed by atoms with Crippen molar-refractivity contribution in [2.45, 2.75) is 6.92 Å². The van der Waals surface area contributed by atoms with E-state index in [9.17, 15) is 9.90 Å². The van der Waals surface area contributed by atoms with Gasteiger partial charge in [-0.05, 0) is 36.8 Å². The molecule has 0 bridgehead atoms. The average Bonchev–Trinajstić information content (AvgIpc) is 2.46. The standard InChI is InChI=1S/C15H15NO4/c1-9-7-11(19-2)13(12(8-9)20-3)14-10(15(17)18)5-4-6-16-14/h4-8H,1-3H3,(H,17,18). The van der Waals surface area contributed by atoms with E-state index in [2.05, 4.69) is 4.98 Å². The smallest absolute Gasteiger partial charge is 0.337 e. The Morgan fingerprint density at radius 1 is 1.20 bits per heavy atom. The van der Waals surface area contributed by atoms with E-state index in [0.29, 0.717) is 22.8 Å². The molecule has 0 aliphatic heterocycles. The second kappa shape index (κ2) is 5.61. The van der Waals surface area contributed by atoms with Gasteiger partial charge >= 0.3 is 5.97 Å². The first-order valence-corrected chi connectivity index (χ1v) is 5.99. The molecular formula is C15H15NO4. The number of aromatic nitrogens is 1. The molecule has 1 aromatic heterocycles. The summed E-state index contributed by atoms with van der Waals surface area (Å²) in [5.74, 6) is 0.0175. The monoisotopic (exact) mass is 273 g/mol. The molecule has 0 saturated carbocycles. The first-order valence-electron chi connectivity index (χ1n) is 5.99. The van der Waals surface area contributed by atoms with E-state index in [-0.39, 0.29) is 5.56 Å². The largest absolute Gasteiger partial charge is 0.496 e. The minimum absolute atomic E-state index is 0.105. The van der Waals surface area contributed by atoms with E-state index in [1.54, 1.807) is 12.3 Å². The zero-order valence-corrected chi connectivity index (χ0v) is 11.5. The van der Waals surface area contributed by atoms with Crippen molar-refractivity contribution in [2.75, 3.05) is 14.2 Å². The summed E-state index contributed by atoms with van der Waals surface area (Å²) in [5, 5.41) is 9.29. The van der Waals surface area contributed by atoms with E-state index in [1.165, 1.54) is 20.3 Å². The van der Waals surface area contributed by atoms with Crippen LogP contribution in [0.1, 0.15) is 15.9 Å². The summed E-state index contributed by atoms with van der Waals surface area (Å²) in [6.45, 7) is 1.91. The number of ether oxygens (including phenoxy) is 2. The predicted octanol–water partition coefficient (Wildman–Crippen LogP) is 2.77. The highest BCUT2D eigenvalue weighted by Crippen LogP contribution is 2.39. The van der Waals surface area contributed by atoms with E-state index in [1.807, 2.05) is 19.1 Å². The fourth-order valence-electron chi connectivity index (χ4n) is 2.05. The Hall–Kier alpha value is -2.56. The van der Waals surface area contributed by atoms with Crippen molar-refractivity contribution in [3.63, 3.8) is 0 Å². The number of nitrogens with zero attached hydrogens (tertiary/aromatic N) is 1. The molecule has 0 spiro atoms. The lowest BCUT2D eigenvalue weighted by atomic mass is 10.0. The molecule has 0 aliphatic rings. The van der Waals surface area contributed by atoms with E-state index in [0.717, 1.165) is 5.56 Å². The molecule has 2 rings (SSSR count). The lowest BCUT2D eigenvalue weighted by Crippen LogP contribution is -2.03. The van der Waals surface area contributed by atoms with Gasteiger partial charge in [0.25, 0.3) is 0 Å². The molecule has 0 aliphatic carbocycles. The third-order valence-electron chi connectivity index (χ3n) is 2.93. The van der Waals surface area contributed by atoms with Gasteiger partial charge in [-0.1, -0.05) is 0 Å². The van der Waals surface area contributed by atoms with Crippen molar-refractivity contribution in [3.05, 3.63) is 41.6 Å². The minimum Gasteiger partial charge on any atom is -0.496 e. The van der Waals surface area contributed by atoms with Crippen molar-refractivity contribution >= 4 is 5.97 Å². The van der Waals surface area contributed by atoms with Gasteiger partial charge in [0, 0.05) is 6.20 Å². The Bertz CT molecular complexity index is 627. The number of benzene rings is 1. The third-order valence-corrected chi connectivity index (χ3v) is 2.93. The van der Waals surface area contributed by atoms with Gasteiger partial charge in [0.1, 0.15) is 11.5 Å². The van der Waals surface area contributed by atoms with Crippen LogP contribution in [0.4, 0.5) is 0 Å². The fourth-order valence-corrected chi connectivity index (χ4v) is 2.05. The van der Waals surface area contributed by atoms with Crippen molar-refractivity contribution in [2.24, 2.45) is 0 Å². The Labute approximate surface area is 116 Å². The van der Waals surface area contributed by atoms with Crippen LogP contribution >= 0.6 is 0 Å². The molecule has 104 valence electrons. The number of carboxylic acid groups (broad SMARTS) is 1. The molecule has 0 radical (unpaired) electrons. The topological polar surface area (TPSA) is 68.7 Å². The molecule has 1 aromatic carbocycles. The minimum atomic E-state index is -1.04. The second-order valence-corrected chi connectivity index (χ2v) is 4.25. The normalized spacial score (nSPS) is 10.2. The van der Waals surface area contributed by atoms with Gasteiger partial charge in [0.05, 0.1) is 31.0 Å². The zero-order valence-electron chi connectivity index (χ0n) is 11.5. The lowest BCUT2D eigenvalue weighted by Gasteiger charge is -2.15. The fraction of sp³-hybridized carbons (Fsp3) is 0.200. The first kappa shape index (κ1) is 13.9. The quantitative estimate of drug-likeness (QED) is 0.927. The highest BCUT2D eigenvalue weighted by atomic mass is 16.5. The molecule has 20 heavy (non-hydrogen) atoms. The third kappa shape index (κ3) is 2.42. The second-order valence-electron chi connectivity index (χ2n) is 4.25. The van der Waals surface area contributed by atoms with Crippen LogP contribution in [0.2, 0.25) is 0 Å². The number of hydrogen-bond acceptors (Lipinski definition) is 4. The number of rotatable bonds is 4. The van der Waals surface area contributed by atoms with Gasteiger partial charge in [0.15, 0.2) is 0 Å². The summed E-state index contributed by atoms with van der Waals surface area (Å²) in [5.41, 5.74) is 1.93. The van der Waals surface area contributed by atoms with Crippen LogP contribution in [0.25, 0.3) is 11.3 Å². The number of aromatic carboxylic acids is 1. The van der Waals surface area contributed by atoms with Crippen molar-refractivity contribution < 1.29 is 19.4 Å². The molecule has 0 fully saturated rings. The Kier molecular flexibility index (Phi) is 3.89. The van der Waals surface area contributed by atoms with Crippen LogP contribution in [0.3, 0.4) is 0 Å². The van der Waals surface area contributed by atoms with Crippen LogP contribution in [0.15, 0.2) is 30.5 Å². The van der Waals surface area contributed by atoms with Crippen LogP contribution < -0.4 is 9.47 Å². The van der Waals surface area contributed by atoms with Gasteiger partial charge in [-0.15, -0.1) is 0 Å². The summed E-state index contributed by atoms with van der Waals surface area (Å²) in [6, 6.07) is 6.72. The van der Waals surface area contributed by atoms with Gasteiger partial charge in [0.2, 0.25) is 0 Å². The molecule has 0 saturated heterocycles. The number of hydrogen-bond donors (Lipinski definition) is 1. The predicted molar refractivity (Wildman–Crippen MR) is 74.5 cm³/mol. The van der Waals surface area contributed by atoms with Gasteiger partial charge < -0.3 is 14.6 Å². The van der Waals surface area contributed by atoms with Crippen LogP contribution in [0, 0.1) is 6.92 Å². The summed E-state index contributed by atoms with van der Waals surface area (Å²) >= 11 is 0. The van der Waals surface area contributed by atoms with Gasteiger partial charge in [-0.25, -0.2) is 4.79 Å². The maximum Gasteiger partial charge on any atom is 0.337 e. The van der Waals surface area contributed by atoms with Crippen LogP contribution in [0.5, 0.6) is 11.5 Å². The maximum absolute atomic E-state index is 11.3. The molecule has 1 N–H and O–H groups in total. The number of carboxylic acids is 1. The molecule has 1 heterocycles. The number of methoxy groups -OCH3 is 2. The van der Waals surface area contributed by atoms with Crippen LogP contribution in [-0.2, 0) is 0 Å². The maximum atomic E-state index is 11.3. The molecular weight excluding hydrogens is 258 g/mol. The highest BCUT2D eigenvalue weighted by molar-refractivity contribution is 5.96. The Morgan fingerprint density at radius 2 is 1.80 bits per heavy atom. The summed E-state index contributed by atoms with van der Waals surface area (Å²) in [7, 11) is 3.06.